The van der Waals surface area contributed by atoms with Gasteiger partial charge in [-0.2, -0.15) is 0 Å². The summed E-state index contributed by atoms with van der Waals surface area (Å²) < 4.78 is 21.9. The maximum absolute atomic E-state index is 11.0. The van der Waals surface area contributed by atoms with Gasteiger partial charge in [-0.1, -0.05) is 6.92 Å². The molecular formula is C6H13ClN2O2S. The van der Waals surface area contributed by atoms with E-state index >= 15 is 0 Å². The lowest BCUT2D eigenvalue weighted by Crippen LogP contribution is -2.21. The maximum Gasteiger partial charge on any atom is 0.278 e. The monoisotopic (exact) mass is 212 g/mol. The number of hydrogen-bond acceptors (Lipinski definition) is 4. The molecule has 0 unspecified atom stereocenters. The van der Waals surface area contributed by atoms with E-state index in [2.05, 4.69) is 0 Å². The zero-order chi connectivity index (χ0) is 9.94. The summed E-state index contributed by atoms with van der Waals surface area (Å²) in [6.45, 7) is 1.76. The lowest BCUT2D eigenvalue weighted by Gasteiger charge is -2.16. The van der Waals surface area contributed by atoms with E-state index in [-0.39, 0.29) is 10.7 Å². The molecule has 0 aliphatic heterocycles. The molecule has 0 aromatic carbocycles. The van der Waals surface area contributed by atoms with Crippen LogP contribution in [0.2, 0.25) is 0 Å². The van der Waals surface area contributed by atoms with Gasteiger partial charge >= 0.3 is 0 Å². The summed E-state index contributed by atoms with van der Waals surface area (Å²) in [5, 5.41) is -0.0216. The molecule has 0 aliphatic carbocycles. The van der Waals surface area contributed by atoms with Crippen molar-refractivity contribution in [2.45, 2.75) is 13.3 Å². The summed E-state index contributed by atoms with van der Waals surface area (Å²) in [5.74, 6) is 0. The third-order valence-corrected chi connectivity index (χ3v) is 2.82. The first kappa shape index (κ1) is 11.6. The van der Waals surface area contributed by atoms with Crippen LogP contribution in [0.4, 0.5) is 0 Å². The number of nitrogens with two attached hydrogens (primary N) is 1. The standard InChI is InChI=1S/C6H13ClN2O2S/c1-4-5(8)6(9(2)3)12(7,10)11/h4,8H2,1-3H3/b6-5-. The van der Waals surface area contributed by atoms with Crippen LogP contribution >= 0.6 is 10.7 Å². The molecule has 4 nitrogen and oxygen atoms in total. The normalized spacial score (nSPS) is 14.0. The second-order valence-electron chi connectivity index (χ2n) is 2.52. The van der Waals surface area contributed by atoms with E-state index in [0.29, 0.717) is 6.42 Å². The Morgan fingerprint density at radius 1 is 1.50 bits per heavy atom. The summed E-state index contributed by atoms with van der Waals surface area (Å²) in [6.07, 6.45) is 0.458. The molecule has 0 bridgehead atoms. The Balaban J connectivity index is 5.22. The fourth-order valence-electron chi connectivity index (χ4n) is 0.813. The van der Waals surface area contributed by atoms with Crippen molar-refractivity contribution in [1.82, 2.24) is 4.90 Å². The minimum Gasteiger partial charge on any atom is -0.400 e. The Bertz CT molecular complexity index is 282. The molecule has 0 radical (unpaired) electrons. The van der Waals surface area contributed by atoms with Gasteiger partial charge in [0.1, 0.15) is 0 Å². The van der Waals surface area contributed by atoms with Crippen molar-refractivity contribution in [1.29, 1.82) is 0 Å². The molecule has 12 heavy (non-hydrogen) atoms. The molecule has 0 amide bonds. The zero-order valence-electron chi connectivity index (χ0n) is 7.33. The van der Waals surface area contributed by atoms with Crippen molar-refractivity contribution in [3.8, 4) is 0 Å². The Labute approximate surface area is 77.4 Å². The summed E-state index contributed by atoms with van der Waals surface area (Å²) >= 11 is 0. The summed E-state index contributed by atoms with van der Waals surface area (Å²) in [4.78, 5) is 1.39. The Hall–Kier alpha value is -0.420. The maximum atomic E-state index is 11.0. The van der Waals surface area contributed by atoms with E-state index in [4.69, 9.17) is 16.4 Å². The van der Waals surface area contributed by atoms with E-state index in [1.54, 1.807) is 21.0 Å². The van der Waals surface area contributed by atoms with Crippen molar-refractivity contribution < 1.29 is 8.42 Å². The lowest BCUT2D eigenvalue weighted by atomic mass is 10.4. The average Bonchev–Trinajstić information content (AvgIpc) is 1.83. The first-order chi connectivity index (χ1) is 5.30. The van der Waals surface area contributed by atoms with Gasteiger partial charge in [0.15, 0.2) is 5.03 Å². The van der Waals surface area contributed by atoms with Crippen molar-refractivity contribution in [2.75, 3.05) is 14.1 Å². The minimum absolute atomic E-state index is 0.0216. The second kappa shape index (κ2) is 4.00. The molecule has 72 valence electrons. The molecule has 2 N–H and O–H groups in total. The highest BCUT2D eigenvalue weighted by molar-refractivity contribution is 8.16. The Morgan fingerprint density at radius 3 is 2.00 bits per heavy atom. The first-order valence-corrected chi connectivity index (χ1v) is 5.72. The molecule has 0 saturated carbocycles. The smallest absolute Gasteiger partial charge is 0.278 e. The summed E-state index contributed by atoms with van der Waals surface area (Å²) in [7, 11) is 4.60. The van der Waals surface area contributed by atoms with E-state index in [1.165, 1.54) is 4.90 Å². The Kier molecular flexibility index (Phi) is 3.86. The molecule has 0 heterocycles. The minimum atomic E-state index is -3.72. The number of nitrogens with zero attached hydrogens (tertiary/aromatic N) is 1. The highest BCUT2D eigenvalue weighted by Crippen LogP contribution is 2.17. The first-order valence-electron chi connectivity index (χ1n) is 3.41. The van der Waals surface area contributed by atoms with Gasteiger partial charge in [-0.05, 0) is 6.42 Å². The molecule has 0 atom stereocenters. The molecule has 0 rings (SSSR count). The van der Waals surface area contributed by atoms with Gasteiger partial charge in [-0.25, -0.2) is 8.42 Å². The van der Waals surface area contributed by atoms with Crippen LogP contribution < -0.4 is 5.73 Å². The van der Waals surface area contributed by atoms with Gasteiger partial charge in [0.25, 0.3) is 9.05 Å². The molecular weight excluding hydrogens is 200 g/mol. The van der Waals surface area contributed by atoms with Gasteiger partial charge in [0, 0.05) is 30.5 Å². The SMILES string of the molecule is CC/C(N)=C(\N(C)C)S(=O)(=O)Cl. The zero-order valence-corrected chi connectivity index (χ0v) is 8.91. The van der Waals surface area contributed by atoms with Gasteiger partial charge in [-0.15, -0.1) is 0 Å². The van der Waals surface area contributed by atoms with E-state index in [1.807, 2.05) is 0 Å². The van der Waals surface area contributed by atoms with Crippen LogP contribution in [-0.2, 0) is 9.05 Å². The number of rotatable bonds is 3. The van der Waals surface area contributed by atoms with Crippen LogP contribution in [0.3, 0.4) is 0 Å². The predicted molar refractivity (Wildman–Crippen MR) is 50.0 cm³/mol. The fraction of sp³-hybridized carbons (Fsp3) is 0.667. The van der Waals surface area contributed by atoms with E-state index in [0.717, 1.165) is 0 Å². The molecule has 0 saturated heterocycles. The third kappa shape index (κ3) is 2.91. The van der Waals surface area contributed by atoms with Gasteiger partial charge < -0.3 is 10.6 Å². The number of hydrogen-bond donors (Lipinski definition) is 1. The van der Waals surface area contributed by atoms with Crippen LogP contribution in [0.25, 0.3) is 0 Å². The van der Waals surface area contributed by atoms with E-state index < -0.39 is 9.05 Å². The summed E-state index contributed by atoms with van der Waals surface area (Å²) in [5.41, 5.74) is 5.75. The molecule has 0 aromatic heterocycles. The number of halogens is 1. The second-order valence-corrected chi connectivity index (χ2v) is 5.00. The number of allylic oxidation sites excluding steroid dienone is 1. The lowest BCUT2D eigenvalue weighted by molar-refractivity contribution is 0.520. The molecule has 0 fully saturated rings. The van der Waals surface area contributed by atoms with Gasteiger partial charge in [0.2, 0.25) is 0 Å². The quantitative estimate of drug-likeness (QED) is 0.698. The van der Waals surface area contributed by atoms with Crippen LogP contribution in [-0.4, -0.2) is 27.4 Å². The third-order valence-electron chi connectivity index (χ3n) is 1.29. The highest BCUT2D eigenvalue weighted by Gasteiger charge is 2.19. The van der Waals surface area contributed by atoms with E-state index in [9.17, 15) is 8.42 Å². The largest absolute Gasteiger partial charge is 0.400 e. The van der Waals surface area contributed by atoms with Gasteiger partial charge in [-0.3, -0.25) is 0 Å². The molecule has 6 heteroatoms. The fourth-order valence-corrected chi connectivity index (χ4v) is 2.42. The summed E-state index contributed by atoms with van der Waals surface area (Å²) in [6, 6.07) is 0. The molecule has 0 spiro atoms. The van der Waals surface area contributed by atoms with Crippen molar-refractivity contribution in [3.63, 3.8) is 0 Å². The topological polar surface area (TPSA) is 63.4 Å². The molecule has 0 aliphatic rings. The van der Waals surface area contributed by atoms with Crippen molar-refractivity contribution in [3.05, 3.63) is 10.7 Å². The van der Waals surface area contributed by atoms with Crippen LogP contribution in [0.5, 0.6) is 0 Å². The molecule has 0 aromatic rings. The van der Waals surface area contributed by atoms with Crippen LogP contribution in [0, 0.1) is 0 Å². The Morgan fingerprint density at radius 2 is 1.92 bits per heavy atom. The van der Waals surface area contributed by atoms with Crippen molar-refractivity contribution >= 4 is 19.7 Å². The predicted octanol–water partition coefficient (Wildman–Crippen LogP) is 0.654. The van der Waals surface area contributed by atoms with Crippen LogP contribution in [0.1, 0.15) is 13.3 Å². The highest BCUT2D eigenvalue weighted by atomic mass is 35.7. The van der Waals surface area contributed by atoms with Crippen molar-refractivity contribution in [2.24, 2.45) is 5.73 Å². The van der Waals surface area contributed by atoms with Gasteiger partial charge in [0.05, 0.1) is 0 Å². The van der Waals surface area contributed by atoms with Crippen LogP contribution in [0.15, 0.2) is 10.7 Å². The average molecular weight is 213 g/mol.